The summed E-state index contributed by atoms with van der Waals surface area (Å²) in [5, 5.41) is 9.30. The predicted octanol–water partition coefficient (Wildman–Crippen LogP) is 3.85. The molecule has 0 radical (unpaired) electrons. The van der Waals surface area contributed by atoms with Crippen molar-refractivity contribution in [3.05, 3.63) is 21.4 Å². The zero-order valence-electron chi connectivity index (χ0n) is 13.7. The van der Waals surface area contributed by atoms with Gasteiger partial charge in [0.25, 0.3) is 0 Å². The van der Waals surface area contributed by atoms with Crippen molar-refractivity contribution in [2.45, 2.75) is 64.3 Å². The summed E-state index contributed by atoms with van der Waals surface area (Å²) < 4.78 is 25.4. The van der Waals surface area contributed by atoms with E-state index in [0.717, 1.165) is 36.4 Å². The third kappa shape index (κ3) is 3.87. The molecule has 1 fully saturated rings. The van der Waals surface area contributed by atoms with E-state index in [1.807, 2.05) is 6.07 Å². The van der Waals surface area contributed by atoms with Gasteiger partial charge in [-0.1, -0.05) is 13.8 Å². The Labute approximate surface area is 136 Å². The van der Waals surface area contributed by atoms with Crippen molar-refractivity contribution in [1.29, 1.82) is 0 Å². The van der Waals surface area contributed by atoms with Crippen LogP contribution in [0.15, 0.2) is 6.07 Å². The fourth-order valence-electron chi connectivity index (χ4n) is 3.73. The lowest BCUT2D eigenvalue weighted by Crippen LogP contribution is -2.46. The Kier molecular flexibility index (Phi) is 5.97. The van der Waals surface area contributed by atoms with Gasteiger partial charge in [0.2, 0.25) is 6.43 Å². The molecule has 1 aromatic rings. The van der Waals surface area contributed by atoms with Crippen molar-refractivity contribution in [3.8, 4) is 0 Å². The molecule has 22 heavy (non-hydrogen) atoms. The van der Waals surface area contributed by atoms with Gasteiger partial charge in [0, 0.05) is 34.2 Å². The first-order valence-corrected chi connectivity index (χ1v) is 8.96. The Bertz CT molecular complexity index is 491. The van der Waals surface area contributed by atoms with Crippen LogP contribution in [0.1, 0.15) is 48.9 Å². The molecule has 1 aliphatic rings. The Morgan fingerprint density at radius 2 is 2.23 bits per heavy atom. The lowest BCUT2D eigenvalue weighted by molar-refractivity contribution is 0.117. The van der Waals surface area contributed by atoms with E-state index in [9.17, 15) is 13.9 Å². The number of alkyl halides is 2. The van der Waals surface area contributed by atoms with E-state index in [4.69, 9.17) is 0 Å². The summed E-state index contributed by atoms with van der Waals surface area (Å²) in [6, 6.07) is 2.40. The molecule has 2 nitrogen and oxygen atoms in total. The molecule has 0 aromatic carbocycles. The number of hydrogen-bond donors (Lipinski definition) is 1. The quantitative estimate of drug-likeness (QED) is 0.856. The van der Waals surface area contributed by atoms with E-state index in [1.165, 1.54) is 16.2 Å². The maximum Gasteiger partial charge on any atom is 0.243 e. The van der Waals surface area contributed by atoms with Crippen LogP contribution in [-0.2, 0) is 18.3 Å². The van der Waals surface area contributed by atoms with Gasteiger partial charge in [-0.15, -0.1) is 11.3 Å². The van der Waals surface area contributed by atoms with Crippen molar-refractivity contribution in [2.24, 2.45) is 0 Å². The molecule has 0 spiro atoms. The van der Waals surface area contributed by atoms with Gasteiger partial charge in [0.15, 0.2) is 0 Å². The van der Waals surface area contributed by atoms with Gasteiger partial charge in [-0.25, -0.2) is 8.78 Å². The first-order chi connectivity index (χ1) is 10.4. The van der Waals surface area contributed by atoms with Crippen molar-refractivity contribution < 1.29 is 13.9 Å². The standard InChI is InChI=1S/C17H27F2NOS/c1-4-20-7-6-17(3,11-12(20)2)16-13(5-8-21)9-14(22-16)10-15(18)19/h9,12,15,21H,4-8,10-11H2,1-3H3/t12-,17-/m0/s1. The van der Waals surface area contributed by atoms with Gasteiger partial charge in [-0.2, -0.15) is 0 Å². The van der Waals surface area contributed by atoms with Crippen LogP contribution in [-0.4, -0.2) is 42.2 Å². The molecule has 1 N–H and O–H groups in total. The molecule has 1 saturated heterocycles. The zero-order valence-corrected chi connectivity index (χ0v) is 14.6. The normalized spacial score (nSPS) is 26.8. The fourth-order valence-corrected chi connectivity index (χ4v) is 5.12. The van der Waals surface area contributed by atoms with Gasteiger partial charge in [0.05, 0.1) is 0 Å². The molecule has 126 valence electrons. The number of rotatable bonds is 6. The lowest BCUT2D eigenvalue weighted by Gasteiger charge is -2.43. The second kappa shape index (κ2) is 7.37. The first kappa shape index (κ1) is 17.8. The highest BCUT2D eigenvalue weighted by Crippen LogP contribution is 2.43. The number of piperidine rings is 1. The molecule has 5 heteroatoms. The SMILES string of the molecule is CCN1CC[C@](C)(c2sc(CC(F)F)cc2CCO)C[C@@H]1C. The summed E-state index contributed by atoms with van der Waals surface area (Å²) in [5.74, 6) is 0. The Morgan fingerprint density at radius 3 is 2.77 bits per heavy atom. The van der Waals surface area contributed by atoms with E-state index in [0.29, 0.717) is 12.5 Å². The molecule has 0 aliphatic carbocycles. The summed E-state index contributed by atoms with van der Waals surface area (Å²) in [6.45, 7) is 8.87. The molecule has 2 heterocycles. The number of thiophene rings is 1. The van der Waals surface area contributed by atoms with E-state index in [-0.39, 0.29) is 18.4 Å². The van der Waals surface area contributed by atoms with Crippen LogP contribution in [0.2, 0.25) is 0 Å². The minimum Gasteiger partial charge on any atom is -0.396 e. The van der Waals surface area contributed by atoms with E-state index in [2.05, 4.69) is 25.7 Å². The second-order valence-corrected chi connectivity index (χ2v) is 7.77. The number of hydrogen-bond acceptors (Lipinski definition) is 3. The fraction of sp³-hybridized carbons (Fsp3) is 0.765. The van der Waals surface area contributed by atoms with E-state index >= 15 is 0 Å². The zero-order chi connectivity index (χ0) is 16.3. The van der Waals surface area contributed by atoms with Crippen molar-refractivity contribution in [1.82, 2.24) is 4.90 Å². The van der Waals surface area contributed by atoms with E-state index in [1.54, 1.807) is 0 Å². The number of halogens is 2. The maximum atomic E-state index is 12.7. The smallest absolute Gasteiger partial charge is 0.243 e. The van der Waals surface area contributed by atoms with Gasteiger partial charge < -0.3 is 10.0 Å². The number of likely N-dealkylation sites (tertiary alicyclic amines) is 1. The second-order valence-electron chi connectivity index (χ2n) is 6.63. The van der Waals surface area contributed by atoms with Crippen LogP contribution >= 0.6 is 11.3 Å². The van der Waals surface area contributed by atoms with Crippen molar-refractivity contribution in [2.75, 3.05) is 19.7 Å². The highest BCUT2D eigenvalue weighted by molar-refractivity contribution is 7.12. The Morgan fingerprint density at radius 1 is 1.50 bits per heavy atom. The molecule has 0 amide bonds. The van der Waals surface area contributed by atoms with Crippen molar-refractivity contribution in [3.63, 3.8) is 0 Å². The average Bonchev–Trinajstić information content (AvgIpc) is 2.82. The molecule has 1 aliphatic heterocycles. The minimum absolute atomic E-state index is 0.0423. The Balaban J connectivity index is 2.27. The highest BCUT2D eigenvalue weighted by Gasteiger charge is 2.37. The monoisotopic (exact) mass is 331 g/mol. The third-order valence-electron chi connectivity index (χ3n) is 4.87. The Hall–Kier alpha value is -0.520. The van der Waals surface area contributed by atoms with Gasteiger partial charge >= 0.3 is 0 Å². The van der Waals surface area contributed by atoms with Crippen LogP contribution in [0.25, 0.3) is 0 Å². The van der Waals surface area contributed by atoms with Crippen molar-refractivity contribution >= 4 is 11.3 Å². The van der Waals surface area contributed by atoms with Crippen LogP contribution in [0.5, 0.6) is 0 Å². The molecule has 1 aromatic heterocycles. The van der Waals surface area contributed by atoms with Gasteiger partial charge in [-0.05, 0) is 50.9 Å². The third-order valence-corrected chi connectivity index (χ3v) is 6.38. The van der Waals surface area contributed by atoms with Gasteiger partial charge in [-0.3, -0.25) is 0 Å². The lowest BCUT2D eigenvalue weighted by atomic mass is 9.74. The number of nitrogens with zero attached hydrogens (tertiary/aromatic N) is 1. The largest absolute Gasteiger partial charge is 0.396 e. The topological polar surface area (TPSA) is 23.5 Å². The summed E-state index contributed by atoms with van der Waals surface area (Å²) in [6.07, 6.45) is 0.195. The number of aliphatic hydroxyl groups excluding tert-OH is 1. The molecule has 2 rings (SSSR count). The maximum absolute atomic E-state index is 12.7. The summed E-state index contributed by atoms with van der Waals surface area (Å²) in [5.41, 5.74) is 1.11. The minimum atomic E-state index is -2.30. The molecule has 0 saturated carbocycles. The average molecular weight is 331 g/mol. The van der Waals surface area contributed by atoms with Crippen LogP contribution in [0.3, 0.4) is 0 Å². The molecule has 0 bridgehead atoms. The predicted molar refractivity (Wildman–Crippen MR) is 88.1 cm³/mol. The molecule has 0 unspecified atom stereocenters. The summed E-state index contributed by atoms with van der Waals surface area (Å²) in [7, 11) is 0. The van der Waals surface area contributed by atoms with E-state index < -0.39 is 6.43 Å². The summed E-state index contributed by atoms with van der Waals surface area (Å²) in [4.78, 5) is 4.45. The van der Waals surface area contributed by atoms with Crippen LogP contribution in [0.4, 0.5) is 8.78 Å². The molecule has 2 atom stereocenters. The highest BCUT2D eigenvalue weighted by atomic mass is 32.1. The number of aliphatic hydroxyl groups is 1. The van der Waals surface area contributed by atoms with Gasteiger partial charge in [0.1, 0.15) is 0 Å². The van der Waals surface area contributed by atoms with Crippen LogP contribution < -0.4 is 0 Å². The first-order valence-electron chi connectivity index (χ1n) is 8.14. The molecular weight excluding hydrogens is 304 g/mol. The van der Waals surface area contributed by atoms with Crippen LogP contribution in [0, 0.1) is 0 Å². The summed E-state index contributed by atoms with van der Waals surface area (Å²) >= 11 is 1.53. The molecular formula is C17H27F2NOS.